The predicted molar refractivity (Wildman–Crippen MR) is 105 cm³/mol. The first-order valence-electron chi connectivity index (χ1n) is 9.24. The summed E-state index contributed by atoms with van der Waals surface area (Å²) in [6.07, 6.45) is 1.13. The molecule has 0 bridgehead atoms. The van der Waals surface area contributed by atoms with Crippen LogP contribution in [0.25, 0.3) is 10.8 Å². The Morgan fingerprint density at radius 2 is 1.70 bits per heavy atom. The Hall–Kier alpha value is -3.14. The van der Waals surface area contributed by atoms with Crippen molar-refractivity contribution in [2.45, 2.75) is 25.3 Å². The van der Waals surface area contributed by atoms with Gasteiger partial charge in [0.05, 0.1) is 12.6 Å². The lowest BCUT2D eigenvalue weighted by atomic mass is 9.99. The number of carbonyl (C=O) groups is 2. The Morgan fingerprint density at radius 3 is 2.59 bits per heavy atom. The first kappa shape index (κ1) is 17.3. The molecule has 27 heavy (non-hydrogen) atoms. The van der Waals surface area contributed by atoms with Crippen molar-refractivity contribution in [1.29, 1.82) is 0 Å². The van der Waals surface area contributed by atoms with Crippen LogP contribution in [0.5, 0.6) is 5.75 Å². The highest BCUT2D eigenvalue weighted by Crippen LogP contribution is 2.31. The minimum Gasteiger partial charge on any atom is -0.493 e. The molecule has 1 amide bonds. The van der Waals surface area contributed by atoms with Crippen molar-refractivity contribution in [3.05, 3.63) is 77.9 Å². The summed E-state index contributed by atoms with van der Waals surface area (Å²) in [7, 11) is 0. The summed E-state index contributed by atoms with van der Waals surface area (Å²) >= 11 is 0. The van der Waals surface area contributed by atoms with Crippen molar-refractivity contribution in [3.8, 4) is 5.75 Å². The summed E-state index contributed by atoms with van der Waals surface area (Å²) < 4.78 is 5.62. The van der Waals surface area contributed by atoms with Crippen molar-refractivity contribution >= 4 is 22.5 Å². The van der Waals surface area contributed by atoms with Gasteiger partial charge in [0.1, 0.15) is 5.75 Å². The van der Waals surface area contributed by atoms with Gasteiger partial charge in [-0.1, -0.05) is 54.6 Å². The van der Waals surface area contributed by atoms with E-state index < -0.39 is 0 Å². The van der Waals surface area contributed by atoms with Crippen molar-refractivity contribution in [1.82, 2.24) is 5.32 Å². The highest BCUT2D eigenvalue weighted by Gasteiger charge is 2.22. The zero-order chi connectivity index (χ0) is 18.6. The van der Waals surface area contributed by atoms with Gasteiger partial charge in [0.25, 0.3) is 0 Å². The maximum absolute atomic E-state index is 12.5. The van der Waals surface area contributed by atoms with E-state index in [0.717, 1.165) is 28.5 Å². The van der Waals surface area contributed by atoms with E-state index in [1.807, 2.05) is 66.7 Å². The van der Waals surface area contributed by atoms with E-state index in [2.05, 4.69) is 5.32 Å². The molecular formula is C23H21NO3. The number of amides is 1. The Morgan fingerprint density at radius 1 is 0.926 bits per heavy atom. The fraction of sp³-hybridized carbons (Fsp3) is 0.217. The number of Topliss-reactive ketones (excluding diaryl/α,β-unsaturated/α-hetero) is 1. The number of hydrogen-bond donors (Lipinski definition) is 1. The van der Waals surface area contributed by atoms with Crippen LogP contribution >= 0.6 is 0 Å². The van der Waals surface area contributed by atoms with Crippen LogP contribution in [0.2, 0.25) is 0 Å². The molecule has 0 aliphatic carbocycles. The van der Waals surface area contributed by atoms with Gasteiger partial charge < -0.3 is 10.1 Å². The van der Waals surface area contributed by atoms with Gasteiger partial charge in [0, 0.05) is 30.4 Å². The fourth-order valence-electron chi connectivity index (χ4n) is 3.49. The molecular weight excluding hydrogens is 338 g/mol. The SMILES string of the molecule is O=C(CCC(=O)c1ccc2ccccc2c1)N[C@H]1CCOc2ccccc21. The predicted octanol–water partition coefficient (Wildman–Crippen LogP) is 4.44. The third-order valence-corrected chi connectivity index (χ3v) is 4.94. The molecule has 0 spiro atoms. The molecule has 136 valence electrons. The van der Waals surface area contributed by atoms with Gasteiger partial charge in [0.15, 0.2) is 5.78 Å². The second-order valence-corrected chi connectivity index (χ2v) is 6.78. The molecule has 3 aromatic carbocycles. The maximum Gasteiger partial charge on any atom is 0.220 e. The lowest BCUT2D eigenvalue weighted by Crippen LogP contribution is -2.32. The second kappa shape index (κ2) is 7.62. The molecule has 4 rings (SSSR count). The second-order valence-electron chi connectivity index (χ2n) is 6.78. The van der Waals surface area contributed by atoms with Crippen LogP contribution in [0.15, 0.2) is 66.7 Å². The summed E-state index contributed by atoms with van der Waals surface area (Å²) in [6, 6.07) is 21.3. The van der Waals surface area contributed by atoms with Crippen molar-refractivity contribution < 1.29 is 14.3 Å². The van der Waals surface area contributed by atoms with Crippen LogP contribution in [-0.4, -0.2) is 18.3 Å². The van der Waals surface area contributed by atoms with Crippen LogP contribution in [0.3, 0.4) is 0 Å². The number of fused-ring (bicyclic) bond motifs is 2. The lowest BCUT2D eigenvalue weighted by molar-refractivity contribution is -0.122. The summed E-state index contributed by atoms with van der Waals surface area (Å²) in [6.45, 7) is 0.581. The van der Waals surface area contributed by atoms with Gasteiger partial charge in [-0.25, -0.2) is 0 Å². The molecule has 1 aliphatic rings. The van der Waals surface area contributed by atoms with Crippen molar-refractivity contribution in [3.63, 3.8) is 0 Å². The first-order chi connectivity index (χ1) is 13.2. The quantitative estimate of drug-likeness (QED) is 0.685. The number of hydrogen-bond acceptors (Lipinski definition) is 3. The third kappa shape index (κ3) is 3.85. The van der Waals surface area contributed by atoms with E-state index in [1.165, 1.54) is 0 Å². The summed E-state index contributed by atoms with van der Waals surface area (Å²) in [5.74, 6) is 0.704. The fourth-order valence-corrected chi connectivity index (χ4v) is 3.49. The lowest BCUT2D eigenvalue weighted by Gasteiger charge is -2.26. The Kier molecular flexibility index (Phi) is 4.88. The Labute approximate surface area is 158 Å². The number of rotatable bonds is 5. The highest BCUT2D eigenvalue weighted by atomic mass is 16.5. The van der Waals surface area contributed by atoms with Gasteiger partial charge in [-0.15, -0.1) is 0 Å². The molecule has 1 aliphatic heterocycles. The third-order valence-electron chi connectivity index (χ3n) is 4.94. The van der Waals surface area contributed by atoms with Crippen molar-refractivity contribution in [2.24, 2.45) is 0 Å². The minimum absolute atomic E-state index is 0.0109. The molecule has 0 fully saturated rings. The monoisotopic (exact) mass is 359 g/mol. The number of ether oxygens (including phenoxy) is 1. The number of nitrogens with one attached hydrogen (secondary N) is 1. The molecule has 4 nitrogen and oxygen atoms in total. The Balaban J connectivity index is 1.37. The molecule has 3 aromatic rings. The van der Waals surface area contributed by atoms with Crippen LogP contribution in [0.1, 0.15) is 41.2 Å². The molecule has 0 saturated heterocycles. The molecule has 0 aromatic heterocycles. The van der Waals surface area contributed by atoms with E-state index >= 15 is 0 Å². The van der Waals surface area contributed by atoms with E-state index in [-0.39, 0.29) is 30.6 Å². The van der Waals surface area contributed by atoms with E-state index in [9.17, 15) is 9.59 Å². The van der Waals surface area contributed by atoms with Crippen LogP contribution in [0.4, 0.5) is 0 Å². The number of ketones is 1. The van der Waals surface area contributed by atoms with Crippen LogP contribution in [-0.2, 0) is 4.79 Å². The van der Waals surface area contributed by atoms with E-state index in [0.29, 0.717) is 12.2 Å². The zero-order valence-corrected chi connectivity index (χ0v) is 15.0. The molecule has 1 N–H and O–H groups in total. The van der Waals surface area contributed by atoms with Gasteiger partial charge in [-0.3, -0.25) is 9.59 Å². The number of carbonyl (C=O) groups excluding carboxylic acids is 2. The summed E-state index contributed by atoms with van der Waals surface area (Å²) in [4.78, 5) is 24.8. The van der Waals surface area contributed by atoms with Crippen LogP contribution < -0.4 is 10.1 Å². The molecule has 0 unspecified atom stereocenters. The zero-order valence-electron chi connectivity index (χ0n) is 15.0. The normalized spacial score (nSPS) is 15.6. The average Bonchev–Trinajstić information content (AvgIpc) is 2.72. The molecule has 1 atom stereocenters. The first-order valence-corrected chi connectivity index (χ1v) is 9.24. The largest absolute Gasteiger partial charge is 0.493 e. The minimum atomic E-state index is -0.106. The molecule has 1 heterocycles. The smallest absolute Gasteiger partial charge is 0.220 e. The topological polar surface area (TPSA) is 55.4 Å². The molecule has 0 saturated carbocycles. The van der Waals surface area contributed by atoms with Gasteiger partial charge in [-0.05, 0) is 22.9 Å². The van der Waals surface area contributed by atoms with Gasteiger partial charge in [-0.2, -0.15) is 0 Å². The number of benzene rings is 3. The number of para-hydroxylation sites is 1. The highest BCUT2D eigenvalue weighted by molar-refractivity contribution is 6.01. The Bertz CT molecular complexity index is 996. The molecule has 0 radical (unpaired) electrons. The average molecular weight is 359 g/mol. The summed E-state index contributed by atoms with van der Waals surface area (Å²) in [5, 5.41) is 5.18. The van der Waals surface area contributed by atoms with Gasteiger partial charge in [0.2, 0.25) is 5.91 Å². The standard InChI is InChI=1S/C23H21NO3/c25-21(18-10-9-16-5-1-2-6-17(16)15-18)11-12-23(26)24-20-13-14-27-22-8-4-3-7-19(20)22/h1-10,15,20H,11-14H2,(H,24,26)/t20-/m0/s1. The summed E-state index contributed by atoms with van der Waals surface area (Å²) in [5.41, 5.74) is 1.65. The van der Waals surface area contributed by atoms with Crippen molar-refractivity contribution in [2.75, 3.05) is 6.61 Å². The van der Waals surface area contributed by atoms with Crippen LogP contribution in [0, 0.1) is 0 Å². The maximum atomic E-state index is 12.5. The molecule has 4 heteroatoms. The van der Waals surface area contributed by atoms with E-state index in [4.69, 9.17) is 4.74 Å². The van der Waals surface area contributed by atoms with Gasteiger partial charge >= 0.3 is 0 Å². The van der Waals surface area contributed by atoms with E-state index in [1.54, 1.807) is 0 Å².